The fourth-order valence-electron chi connectivity index (χ4n) is 1.50. The molecule has 1 heterocycles. The number of likely N-dealkylation sites (N-methyl/N-ethyl adjacent to an activating group) is 1. The molecule has 17 heavy (non-hydrogen) atoms. The van der Waals surface area contributed by atoms with E-state index in [1.165, 1.54) is 11.0 Å². The van der Waals surface area contributed by atoms with Crippen molar-refractivity contribution in [3.8, 4) is 0 Å². The smallest absolute Gasteiger partial charge is 0.252 e. The Kier molecular flexibility index (Phi) is 4.35. The van der Waals surface area contributed by atoms with Crippen molar-refractivity contribution in [2.75, 3.05) is 11.9 Å². The minimum atomic E-state index is -0.0958. The van der Waals surface area contributed by atoms with Crippen LogP contribution in [0.1, 0.15) is 6.92 Å². The van der Waals surface area contributed by atoms with Gasteiger partial charge in [0, 0.05) is 18.5 Å². The largest absolute Gasteiger partial charge is 0.440 e. The Morgan fingerprint density at radius 1 is 1.35 bits per heavy atom. The number of halogens is 1. The van der Waals surface area contributed by atoms with E-state index in [2.05, 4.69) is 0 Å². The average Bonchev–Trinajstić information content (AvgIpc) is 2.71. The molecule has 0 N–H and O–H groups in total. The summed E-state index contributed by atoms with van der Waals surface area (Å²) in [7, 11) is 1.69. The van der Waals surface area contributed by atoms with E-state index >= 15 is 0 Å². The molecule has 0 radical (unpaired) electrons. The van der Waals surface area contributed by atoms with Gasteiger partial charge < -0.3 is 4.42 Å². The Balaban J connectivity index is 0.00000144. The Bertz CT molecular complexity index is 512. The Morgan fingerprint density at radius 3 is 2.71 bits per heavy atom. The number of carbonyl (C=O) groups excluding carboxylic acids is 1. The molecule has 0 aliphatic carbocycles. The van der Waals surface area contributed by atoms with Gasteiger partial charge in [0.15, 0.2) is 0 Å². The minimum Gasteiger partial charge on any atom is -0.440 e. The predicted octanol–water partition coefficient (Wildman–Crippen LogP) is 3.39. The number of fused-ring (bicyclic) bond motifs is 1. The third-order valence-electron chi connectivity index (χ3n) is 2.38. The number of carbonyl (C=O) groups is 1. The van der Waals surface area contributed by atoms with Gasteiger partial charge in [0.25, 0.3) is 5.91 Å². The maximum Gasteiger partial charge on any atom is 0.252 e. The molecule has 0 saturated carbocycles. The van der Waals surface area contributed by atoms with Crippen LogP contribution in [0.3, 0.4) is 0 Å². The van der Waals surface area contributed by atoms with Crippen LogP contribution in [0.5, 0.6) is 0 Å². The molecule has 0 bridgehead atoms. The molecule has 0 saturated heterocycles. The van der Waals surface area contributed by atoms with Crippen molar-refractivity contribution in [2.45, 2.75) is 6.92 Å². The third kappa shape index (κ3) is 2.68. The third-order valence-corrected chi connectivity index (χ3v) is 2.38. The van der Waals surface area contributed by atoms with Gasteiger partial charge in [-0.15, -0.1) is 12.4 Å². The summed E-state index contributed by atoms with van der Waals surface area (Å²) in [4.78, 5) is 13.1. The molecule has 1 aromatic heterocycles. The highest BCUT2D eigenvalue weighted by molar-refractivity contribution is 6.01. The van der Waals surface area contributed by atoms with Crippen LogP contribution in [-0.4, -0.2) is 13.0 Å². The van der Waals surface area contributed by atoms with E-state index in [0.29, 0.717) is 5.88 Å². The van der Waals surface area contributed by atoms with Crippen LogP contribution in [-0.2, 0) is 4.79 Å². The van der Waals surface area contributed by atoms with Crippen molar-refractivity contribution in [3.05, 3.63) is 42.5 Å². The Morgan fingerprint density at radius 2 is 2.06 bits per heavy atom. The van der Waals surface area contributed by atoms with Crippen LogP contribution < -0.4 is 4.90 Å². The highest BCUT2D eigenvalue weighted by Gasteiger charge is 2.12. The van der Waals surface area contributed by atoms with Gasteiger partial charge >= 0.3 is 0 Å². The molecule has 90 valence electrons. The summed E-state index contributed by atoms with van der Waals surface area (Å²) in [5.74, 6) is 0.464. The minimum absolute atomic E-state index is 0. The predicted molar refractivity (Wildman–Crippen MR) is 71.7 cm³/mol. The summed E-state index contributed by atoms with van der Waals surface area (Å²) >= 11 is 0. The molecule has 1 aromatic carbocycles. The summed E-state index contributed by atoms with van der Waals surface area (Å²) in [5, 5.41) is 0.998. The lowest BCUT2D eigenvalue weighted by Crippen LogP contribution is -2.23. The van der Waals surface area contributed by atoms with E-state index in [9.17, 15) is 4.79 Å². The molecule has 0 fully saturated rings. The standard InChI is InChI=1S/C13H13NO2.ClH/c1-3-6-12(15)14(2)13-9-10-7-4-5-8-11(10)16-13;/h3-9H,1-2H3;1H. The summed E-state index contributed by atoms with van der Waals surface area (Å²) in [6, 6.07) is 9.54. The van der Waals surface area contributed by atoms with E-state index in [0.717, 1.165) is 11.0 Å². The molecule has 0 spiro atoms. The number of hydrogen-bond donors (Lipinski definition) is 0. The summed E-state index contributed by atoms with van der Waals surface area (Å²) in [5.41, 5.74) is 0.789. The van der Waals surface area contributed by atoms with Crippen molar-refractivity contribution in [1.29, 1.82) is 0 Å². The summed E-state index contributed by atoms with van der Waals surface area (Å²) in [6.07, 6.45) is 3.22. The molecule has 2 aromatic rings. The molecule has 2 rings (SSSR count). The number of hydrogen-bond acceptors (Lipinski definition) is 2. The van der Waals surface area contributed by atoms with Crippen LogP contribution >= 0.6 is 12.4 Å². The fraction of sp³-hybridized carbons (Fsp3) is 0.154. The summed E-state index contributed by atoms with van der Waals surface area (Å²) < 4.78 is 5.57. The number of amides is 1. The van der Waals surface area contributed by atoms with Crippen molar-refractivity contribution in [1.82, 2.24) is 0 Å². The number of benzene rings is 1. The second kappa shape index (κ2) is 5.55. The molecule has 1 amide bonds. The van der Waals surface area contributed by atoms with E-state index in [1.807, 2.05) is 37.3 Å². The zero-order chi connectivity index (χ0) is 11.5. The monoisotopic (exact) mass is 251 g/mol. The van der Waals surface area contributed by atoms with E-state index in [-0.39, 0.29) is 18.3 Å². The maximum absolute atomic E-state index is 11.6. The van der Waals surface area contributed by atoms with Crippen molar-refractivity contribution < 1.29 is 9.21 Å². The topological polar surface area (TPSA) is 33.5 Å². The van der Waals surface area contributed by atoms with E-state index < -0.39 is 0 Å². The molecule has 0 aliphatic heterocycles. The van der Waals surface area contributed by atoms with Gasteiger partial charge in [-0.3, -0.25) is 9.69 Å². The second-order valence-corrected chi connectivity index (χ2v) is 3.52. The average molecular weight is 252 g/mol. The van der Waals surface area contributed by atoms with Gasteiger partial charge in [-0.1, -0.05) is 24.3 Å². The van der Waals surface area contributed by atoms with Crippen LogP contribution in [0.25, 0.3) is 11.0 Å². The number of para-hydroxylation sites is 1. The molecule has 0 aliphatic rings. The van der Waals surface area contributed by atoms with Gasteiger partial charge in [-0.05, 0) is 19.1 Å². The SMILES string of the molecule is CC=CC(=O)N(C)c1cc2ccccc2o1.Cl. The second-order valence-electron chi connectivity index (χ2n) is 3.52. The van der Waals surface area contributed by atoms with Crippen LogP contribution in [0.15, 0.2) is 46.9 Å². The van der Waals surface area contributed by atoms with E-state index in [1.54, 1.807) is 13.1 Å². The fourth-order valence-corrected chi connectivity index (χ4v) is 1.50. The molecular formula is C13H14ClNO2. The van der Waals surface area contributed by atoms with Gasteiger partial charge in [-0.25, -0.2) is 0 Å². The molecule has 0 atom stereocenters. The summed E-state index contributed by atoms with van der Waals surface area (Å²) in [6.45, 7) is 1.81. The molecular weight excluding hydrogens is 238 g/mol. The zero-order valence-electron chi connectivity index (χ0n) is 9.71. The Hall–Kier alpha value is -1.74. The van der Waals surface area contributed by atoms with E-state index in [4.69, 9.17) is 4.42 Å². The first-order chi connectivity index (χ1) is 7.72. The number of furan rings is 1. The van der Waals surface area contributed by atoms with Crippen molar-refractivity contribution >= 4 is 35.2 Å². The van der Waals surface area contributed by atoms with Gasteiger partial charge in [0.1, 0.15) is 5.58 Å². The van der Waals surface area contributed by atoms with Crippen molar-refractivity contribution in [3.63, 3.8) is 0 Å². The molecule has 0 unspecified atom stereocenters. The van der Waals surface area contributed by atoms with Gasteiger partial charge in [-0.2, -0.15) is 0 Å². The first-order valence-electron chi connectivity index (χ1n) is 5.11. The van der Waals surface area contributed by atoms with Gasteiger partial charge in [0.2, 0.25) is 5.88 Å². The number of nitrogens with zero attached hydrogens (tertiary/aromatic N) is 1. The van der Waals surface area contributed by atoms with Gasteiger partial charge in [0.05, 0.1) is 0 Å². The zero-order valence-corrected chi connectivity index (χ0v) is 10.5. The lowest BCUT2D eigenvalue weighted by atomic mass is 10.2. The molecule has 4 heteroatoms. The highest BCUT2D eigenvalue weighted by Crippen LogP contribution is 2.25. The number of anilines is 1. The normalized spacial score (nSPS) is 10.5. The quantitative estimate of drug-likeness (QED) is 0.767. The van der Waals surface area contributed by atoms with Crippen LogP contribution in [0.4, 0.5) is 5.88 Å². The number of rotatable bonds is 2. The lowest BCUT2D eigenvalue weighted by Gasteiger charge is -2.10. The maximum atomic E-state index is 11.6. The molecule has 3 nitrogen and oxygen atoms in total. The number of allylic oxidation sites excluding steroid dienone is 1. The van der Waals surface area contributed by atoms with Crippen molar-refractivity contribution in [2.24, 2.45) is 0 Å². The first-order valence-corrected chi connectivity index (χ1v) is 5.11. The van der Waals surface area contributed by atoms with Crippen LogP contribution in [0.2, 0.25) is 0 Å². The highest BCUT2D eigenvalue weighted by atomic mass is 35.5. The Labute approximate surface area is 106 Å². The van der Waals surface area contributed by atoms with Crippen LogP contribution in [0, 0.1) is 0 Å². The lowest BCUT2D eigenvalue weighted by molar-refractivity contribution is -0.114. The first kappa shape index (κ1) is 13.3.